The lowest BCUT2D eigenvalue weighted by atomic mass is 9.87. The van der Waals surface area contributed by atoms with Crippen molar-refractivity contribution < 1.29 is 39.2 Å². The Kier molecular flexibility index (Phi) is 10.4. The van der Waals surface area contributed by atoms with E-state index < -0.39 is 36.4 Å². The number of carbonyl (C=O) groups is 3. The Hall–Kier alpha value is -2.96. The fraction of sp³-hybridized carbons (Fsp3) is 0.500. The predicted octanol–water partition coefficient (Wildman–Crippen LogP) is 3.07. The first-order chi connectivity index (χ1) is 17.0. The van der Waals surface area contributed by atoms with Crippen LogP contribution in [0.5, 0.6) is 0 Å². The zero-order valence-corrected chi connectivity index (χ0v) is 21.1. The van der Waals surface area contributed by atoms with Gasteiger partial charge in [0.05, 0.1) is 24.7 Å². The monoisotopic (exact) mass is 525 g/mol. The number of hydrogen-bond acceptors (Lipinski definition) is 7. The van der Waals surface area contributed by atoms with E-state index in [2.05, 4.69) is 21.8 Å². The Morgan fingerprint density at radius 3 is 2.19 bits per heavy atom. The fourth-order valence-corrected chi connectivity index (χ4v) is 5.00. The highest BCUT2D eigenvalue weighted by Crippen LogP contribution is 2.40. The summed E-state index contributed by atoms with van der Waals surface area (Å²) >= 11 is 1.66. The molecule has 2 aromatic rings. The van der Waals surface area contributed by atoms with Gasteiger partial charge in [-0.3, -0.25) is 9.59 Å². The minimum absolute atomic E-state index is 0.101. The summed E-state index contributed by atoms with van der Waals surface area (Å²) in [5, 5.41) is 38.5. The molecule has 1 fully saturated rings. The molecule has 0 unspecified atom stereocenters. The van der Waals surface area contributed by atoms with Crippen molar-refractivity contribution in [3.8, 4) is 0 Å². The average Bonchev–Trinajstić information content (AvgIpc) is 3.44. The maximum absolute atomic E-state index is 14.4. The van der Waals surface area contributed by atoms with Crippen LogP contribution in [-0.4, -0.2) is 59.7 Å². The largest absolute Gasteiger partial charge is 0.481 e. The molecule has 3 rings (SSSR count). The quantitative estimate of drug-likeness (QED) is 0.276. The minimum atomic E-state index is -2.74. The van der Waals surface area contributed by atoms with Gasteiger partial charge in [0, 0.05) is 24.2 Å². The summed E-state index contributed by atoms with van der Waals surface area (Å²) in [4.78, 5) is 35.0. The van der Waals surface area contributed by atoms with Crippen LogP contribution in [0, 0.1) is 5.82 Å². The molecule has 198 valence electrons. The number of aliphatic hydroxyl groups is 1. The third-order valence-electron chi connectivity index (χ3n) is 6.14. The minimum Gasteiger partial charge on any atom is -0.481 e. The number of imidazole rings is 1. The zero-order chi connectivity index (χ0) is 26.9. The molecule has 12 heteroatoms. The van der Waals surface area contributed by atoms with Gasteiger partial charge in [-0.05, 0) is 32.1 Å². The van der Waals surface area contributed by atoms with E-state index in [1.807, 2.05) is 24.6 Å². The summed E-state index contributed by atoms with van der Waals surface area (Å²) in [6.45, 7) is 3.75. The zero-order valence-electron chi connectivity index (χ0n) is 20.2. The molecule has 0 atom stereocenters. The molecule has 36 heavy (non-hydrogen) atoms. The Morgan fingerprint density at radius 1 is 1.14 bits per heavy atom. The molecular formula is C24H32FN3O7S. The third kappa shape index (κ3) is 7.28. The molecule has 1 saturated carbocycles. The van der Waals surface area contributed by atoms with Crippen molar-refractivity contribution in [2.75, 3.05) is 6.26 Å². The van der Waals surface area contributed by atoms with Gasteiger partial charge in [0.1, 0.15) is 5.82 Å². The number of nitrogens with zero attached hydrogens (tertiary/aromatic N) is 2. The average molecular weight is 526 g/mol. The standard InChI is InChI=1S/C18H24FN3S.C6H8O7/c1-3-22-14(12-20-17(22)23-2)13-21-18(10-6-7-11-18)15-8-4-5-9-16(15)19;7-3(8)1-6(13,5(11)12)2-4(9)10/h4-5,8-9,12,21H,3,6-7,10-11,13H2,1-2H3;13H,1-2H2,(H,7,8)(H,9,10)(H,11,12). The van der Waals surface area contributed by atoms with Gasteiger partial charge in [0.25, 0.3) is 0 Å². The number of hydrogen-bond donors (Lipinski definition) is 5. The van der Waals surface area contributed by atoms with E-state index in [4.69, 9.17) is 20.4 Å². The summed E-state index contributed by atoms with van der Waals surface area (Å²) in [6, 6.07) is 7.19. The van der Waals surface area contributed by atoms with Crippen LogP contribution in [0.1, 0.15) is 56.7 Å². The number of rotatable bonds is 11. The maximum Gasteiger partial charge on any atom is 0.336 e. The second-order valence-electron chi connectivity index (χ2n) is 8.58. The number of benzene rings is 1. The summed E-state index contributed by atoms with van der Waals surface area (Å²) < 4.78 is 16.6. The van der Waals surface area contributed by atoms with Crippen LogP contribution in [0.3, 0.4) is 0 Å². The molecule has 0 aliphatic heterocycles. The number of halogens is 1. The van der Waals surface area contributed by atoms with Crippen LogP contribution in [-0.2, 0) is 33.0 Å². The van der Waals surface area contributed by atoms with Crippen LogP contribution in [0.2, 0.25) is 0 Å². The van der Waals surface area contributed by atoms with Crippen LogP contribution in [0.25, 0.3) is 0 Å². The molecule has 10 nitrogen and oxygen atoms in total. The second-order valence-corrected chi connectivity index (χ2v) is 9.35. The summed E-state index contributed by atoms with van der Waals surface area (Å²) in [5.41, 5.74) is -1.00. The molecule has 0 saturated heterocycles. The Bertz CT molecular complexity index is 1050. The van der Waals surface area contributed by atoms with Crippen molar-refractivity contribution in [1.82, 2.24) is 14.9 Å². The molecule has 1 aromatic heterocycles. The van der Waals surface area contributed by atoms with Crippen LogP contribution in [0.15, 0.2) is 35.6 Å². The highest BCUT2D eigenvalue weighted by molar-refractivity contribution is 7.98. The number of aromatic nitrogens is 2. The molecule has 5 N–H and O–H groups in total. The molecule has 0 bridgehead atoms. The molecule has 0 amide bonds. The van der Waals surface area contributed by atoms with Crippen LogP contribution >= 0.6 is 11.8 Å². The number of carboxylic acid groups (broad SMARTS) is 3. The molecule has 0 radical (unpaired) electrons. The number of thioether (sulfide) groups is 1. The summed E-state index contributed by atoms with van der Waals surface area (Å²) in [7, 11) is 0. The second kappa shape index (κ2) is 12.8. The van der Waals surface area contributed by atoms with E-state index in [-0.39, 0.29) is 11.4 Å². The van der Waals surface area contributed by atoms with E-state index in [0.29, 0.717) is 0 Å². The van der Waals surface area contributed by atoms with E-state index in [1.54, 1.807) is 23.9 Å². The number of carboxylic acids is 3. The van der Waals surface area contributed by atoms with Crippen molar-refractivity contribution >= 4 is 29.7 Å². The number of nitrogens with one attached hydrogen (secondary N) is 1. The van der Waals surface area contributed by atoms with Crippen molar-refractivity contribution in [3.63, 3.8) is 0 Å². The third-order valence-corrected chi connectivity index (χ3v) is 6.83. The Balaban J connectivity index is 0.000000302. The van der Waals surface area contributed by atoms with Gasteiger partial charge in [-0.2, -0.15) is 0 Å². The van der Waals surface area contributed by atoms with Gasteiger partial charge in [0.2, 0.25) is 0 Å². The van der Waals surface area contributed by atoms with Gasteiger partial charge in [-0.25, -0.2) is 14.2 Å². The maximum atomic E-state index is 14.4. The van der Waals surface area contributed by atoms with E-state index >= 15 is 0 Å². The Morgan fingerprint density at radius 2 is 1.72 bits per heavy atom. The molecule has 1 aliphatic carbocycles. The lowest BCUT2D eigenvalue weighted by Crippen LogP contribution is -2.42. The van der Waals surface area contributed by atoms with E-state index in [9.17, 15) is 18.8 Å². The van der Waals surface area contributed by atoms with Gasteiger partial charge >= 0.3 is 17.9 Å². The van der Waals surface area contributed by atoms with Crippen molar-refractivity contribution in [1.29, 1.82) is 0 Å². The number of aliphatic carboxylic acids is 3. The highest BCUT2D eigenvalue weighted by Gasteiger charge is 2.41. The SMILES string of the molecule is CCn1c(CNC2(c3ccccc3F)CCCC2)cnc1SC.O=C(O)CC(O)(CC(=O)O)C(=O)O. The van der Waals surface area contributed by atoms with Gasteiger partial charge in [-0.15, -0.1) is 0 Å². The van der Waals surface area contributed by atoms with Crippen molar-refractivity contribution in [3.05, 3.63) is 47.5 Å². The van der Waals surface area contributed by atoms with E-state index in [0.717, 1.165) is 49.5 Å². The first-order valence-corrected chi connectivity index (χ1v) is 12.7. The normalized spacial score (nSPS) is 14.7. The smallest absolute Gasteiger partial charge is 0.336 e. The molecular weight excluding hydrogens is 493 g/mol. The molecule has 1 heterocycles. The van der Waals surface area contributed by atoms with E-state index in [1.165, 1.54) is 5.69 Å². The Labute approximate surface area is 212 Å². The van der Waals surface area contributed by atoms with Crippen LogP contribution in [0.4, 0.5) is 4.39 Å². The molecule has 1 aromatic carbocycles. The van der Waals surface area contributed by atoms with Crippen LogP contribution < -0.4 is 5.32 Å². The molecule has 0 spiro atoms. The first kappa shape index (κ1) is 29.3. The fourth-order valence-electron chi connectivity index (χ4n) is 4.38. The summed E-state index contributed by atoms with van der Waals surface area (Å²) in [6.07, 6.45) is 5.96. The predicted molar refractivity (Wildman–Crippen MR) is 130 cm³/mol. The van der Waals surface area contributed by atoms with Gasteiger partial charge in [0.15, 0.2) is 10.8 Å². The first-order valence-electron chi connectivity index (χ1n) is 11.5. The van der Waals surface area contributed by atoms with Crippen molar-refractivity contribution in [2.45, 2.75) is 74.8 Å². The van der Waals surface area contributed by atoms with Gasteiger partial charge in [-0.1, -0.05) is 42.8 Å². The lowest BCUT2D eigenvalue weighted by molar-refractivity contribution is -0.170. The van der Waals surface area contributed by atoms with Gasteiger partial charge < -0.3 is 30.3 Å². The topological polar surface area (TPSA) is 162 Å². The highest BCUT2D eigenvalue weighted by atomic mass is 32.2. The van der Waals surface area contributed by atoms with Crippen molar-refractivity contribution in [2.24, 2.45) is 0 Å². The summed E-state index contributed by atoms with van der Waals surface area (Å²) in [5.74, 6) is -5.12. The molecule has 1 aliphatic rings. The lowest BCUT2D eigenvalue weighted by Gasteiger charge is -2.31.